The van der Waals surface area contributed by atoms with Crippen molar-refractivity contribution >= 4 is 0 Å². The summed E-state index contributed by atoms with van der Waals surface area (Å²) in [6, 6.07) is 0. The highest BCUT2D eigenvalue weighted by Gasteiger charge is 2.01. The van der Waals surface area contributed by atoms with Crippen molar-refractivity contribution in [2.45, 2.75) is 12.8 Å². The molecule has 1 rings (SSSR count). The molecule has 1 saturated heterocycles. The molecule has 0 aliphatic carbocycles. The van der Waals surface area contributed by atoms with E-state index < -0.39 is 0 Å². The fraction of sp³-hybridized carbons (Fsp3) is 0.500. The number of hydrogen-bond acceptors (Lipinski definition) is 1. The third-order valence-electron chi connectivity index (χ3n) is 1.16. The van der Waals surface area contributed by atoms with Crippen LogP contribution < -0.4 is 5.32 Å². The summed E-state index contributed by atoms with van der Waals surface area (Å²) in [5, 5.41) is 3.15. The predicted molar refractivity (Wildman–Crippen MR) is 29.9 cm³/mol. The van der Waals surface area contributed by atoms with Crippen molar-refractivity contribution in [2.75, 3.05) is 6.54 Å². The summed E-state index contributed by atoms with van der Waals surface area (Å²) in [7, 11) is 0. The molecule has 1 nitrogen and oxygen atoms in total. The first-order chi connectivity index (χ1) is 3.43. The molecule has 1 N–H and O–H groups in total. The van der Waals surface area contributed by atoms with Crippen LogP contribution in [0.5, 0.6) is 0 Å². The maximum atomic E-state index is 3.52. The summed E-state index contributed by atoms with van der Waals surface area (Å²) in [6.07, 6.45) is 2.39. The molecule has 1 aliphatic heterocycles. The lowest BCUT2D eigenvalue weighted by Gasteiger charge is -1.87. The summed E-state index contributed by atoms with van der Waals surface area (Å²) >= 11 is 0. The van der Waals surface area contributed by atoms with Gasteiger partial charge in [0.2, 0.25) is 0 Å². The molecule has 7 heavy (non-hydrogen) atoms. The third kappa shape index (κ3) is 0.847. The Morgan fingerprint density at radius 2 is 2.57 bits per heavy atom. The van der Waals surface area contributed by atoms with Gasteiger partial charge >= 0.3 is 0 Å². The van der Waals surface area contributed by atoms with Gasteiger partial charge in [0.1, 0.15) is 0 Å². The van der Waals surface area contributed by atoms with Crippen molar-refractivity contribution in [3.05, 3.63) is 18.0 Å². The van der Waals surface area contributed by atoms with E-state index in [1.165, 1.54) is 12.1 Å². The first-order valence-electron chi connectivity index (χ1n) is 2.56. The SMILES string of the molecule is C=C=C1CCCN1. The van der Waals surface area contributed by atoms with Crippen molar-refractivity contribution in [3.8, 4) is 0 Å². The van der Waals surface area contributed by atoms with Crippen molar-refractivity contribution in [3.63, 3.8) is 0 Å². The van der Waals surface area contributed by atoms with Gasteiger partial charge in [-0.3, -0.25) is 0 Å². The molecule has 0 saturated carbocycles. The Morgan fingerprint density at radius 3 is 2.86 bits per heavy atom. The van der Waals surface area contributed by atoms with Crippen LogP contribution in [0.25, 0.3) is 0 Å². The highest BCUT2D eigenvalue weighted by molar-refractivity contribution is 5.00. The molecule has 0 aromatic rings. The second kappa shape index (κ2) is 1.85. The lowest BCUT2D eigenvalue weighted by atomic mass is 10.3. The molecular weight excluding hydrogens is 86.1 g/mol. The molecule has 0 atom stereocenters. The van der Waals surface area contributed by atoms with E-state index in [-0.39, 0.29) is 0 Å². The van der Waals surface area contributed by atoms with E-state index in [2.05, 4.69) is 17.6 Å². The second-order valence-corrected chi connectivity index (χ2v) is 1.69. The van der Waals surface area contributed by atoms with Gasteiger partial charge in [0.05, 0.1) is 5.70 Å². The van der Waals surface area contributed by atoms with Crippen LogP contribution in [0.4, 0.5) is 0 Å². The zero-order valence-corrected chi connectivity index (χ0v) is 4.33. The topological polar surface area (TPSA) is 12.0 Å². The van der Waals surface area contributed by atoms with Gasteiger partial charge in [-0.25, -0.2) is 0 Å². The van der Waals surface area contributed by atoms with Gasteiger partial charge in [-0.15, -0.1) is 5.73 Å². The Balaban J connectivity index is 2.57. The highest BCUT2D eigenvalue weighted by Crippen LogP contribution is 2.04. The minimum atomic E-state index is 1.11. The lowest BCUT2D eigenvalue weighted by Crippen LogP contribution is -2.01. The molecule has 1 fully saturated rings. The molecule has 0 radical (unpaired) electrons. The number of rotatable bonds is 0. The molecule has 1 aliphatic rings. The van der Waals surface area contributed by atoms with Gasteiger partial charge in [0.25, 0.3) is 0 Å². The zero-order chi connectivity index (χ0) is 5.11. The molecule has 0 spiro atoms. The Labute approximate surface area is 43.7 Å². The lowest BCUT2D eigenvalue weighted by molar-refractivity contribution is 0.904. The molecule has 0 aromatic carbocycles. The Morgan fingerprint density at radius 1 is 1.71 bits per heavy atom. The zero-order valence-electron chi connectivity index (χ0n) is 4.33. The molecule has 1 heterocycles. The smallest absolute Gasteiger partial charge is 0.0532 e. The highest BCUT2D eigenvalue weighted by atomic mass is 14.9. The van der Waals surface area contributed by atoms with Crippen molar-refractivity contribution in [2.24, 2.45) is 0 Å². The first-order valence-corrected chi connectivity index (χ1v) is 2.56. The van der Waals surface area contributed by atoms with E-state index in [0.717, 1.165) is 13.0 Å². The van der Waals surface area contributed by atoms with Gasteiger partial charge in [-0.1, -0.05) is 6.58 Å². The number of nitrogens with one attached hydrogen (secondary N) is 1. The fourth-order valence-electron chi connectivity index (χ4n) is 0.744. The summed E-state index contributed by atoms with van der Waals surface area (Å²) in [4.78, 5) is 0. The quantitative estimate of drug-likeness (QED) is 0.443. The van der Waals surface area contributed by atoms with Gasteiger partial charge < -0.3 is 5.32 Å². The molecule has 0 bridgehead atoms. The maximum Gasteiger partial charge on any atom is 0.0532 e. The average molecular weight is 95.1 g/mol. The van der Waals surface area contributed by atoms with Crippen LogP contribution in [-0.2, 0) is 0 Å². The Bertz CT molecular complexity index is 101. The van der Waals surface area contributed by atoms with Crippen LogP contribution in [0.1, 0.15) is 12.8 Å². The first kappa shape index (κ1) is 4.48. The minimum Gasteiger partial charge on any atom is -0.382 e. The van der Waals surface area contributed by atoms with Gasteiger partial charge in [-0.2, -0.15) is 0 Å². The summed E-state index contributed by atoms with van der Waals surface area (Å²) in [5.74, 6) is 0. The molecule has 38 valence electrons. The van der Waals surface area contributed by atoms with Crippen LogP contribution in [-0.4, -0.2) is 6.54 Å². The van der Waals surface area contributed by atoms with Gasteiger partial charge in [0, 0.05) is 6.54 Å². The van der Waals surface area contributed by atoms with Crippen LogP contribution in [0.2, 0.25) is 0 Å². The molecule has 1 heteroatoms. The average Bonchev–Trinajstić information content (AvgIpc) is 2.14. The maximum absolute atomic E-state index is 3.52. The van der Waals surface area contributed by atoms with Crippen molar-refractivity contribution in [1.29, 1.82) is 0 Å². The van der Waals surface area contributed by atoms with E-state index >= 15 is 0 Å². The van der Waals surface area contributed by atoms with Gasteiger partial charge in [0.15, 0.2) is 0 Å². The Kier molecular flexibility index (Phi) is 1.19. The predicted octanol–water partition coefficient (Wildman–Crippen LogP) is 1.04. The van der Waals surface area contributed by atoms with Crippen LogP contribution in [0.15, 0.2) is 18.0 Å². The van der Waals surface area contributed by atoms with Crippen LogP contribution >= 0.6 is 0 Å². The van der Waals surface area contributed by atoms with Crippen molar-refractivity contribution < 1.29 is 0 Å². The van der Waals surface area contributed by atoms with Gasteiger partial charge in [-0.05, 0) is 12.8 Å². The second-order valence-electron chi connectivity index (χ2n) is 1.69. The minimum absolute atomic E-state index is 1.11. The number of hydrogen-bond donors (Lipinski definition) is 1. The van der Waals surface area contributed by atoms with E-state index in [0.29, 0.717) is 0 Å². The normalized spacial score (nSPS) is 18.6. The van der Waals surface area contributed by atoms with E-state index in [9.17, 15) is 0 Å². The molecule has 0 unspecified atom stereocenters. The Hall–Kier alpha value is -0.680. The standard InChI is InChI=1S/C6H9N/c1-2-6-4-3-5-7-6/h7H,1,3-5H2. The summed E-state index contributed by atoms with van der Waals surface area (Å²) in [6.45, 7) is 4.63. The van der Waals surface area contributed by atoms with E-state index in [1.807, 2.05) is 0 Å². The summed E-state index contributed by atoms with van der Waals surface area (Å²) < 4.78 is 0. The molecule has 0 amide bonds. The third-order valence-corrected chi connectivity index (χ3v) is 1.16. The van der Waals surface area contributed by atoms with Crippen LogP contribution in [0, 0.1) is 0 Å². The monoisotopic (exact) mass is 95.1 g/mol. The van der Waals surface area contributed by atoms with E-state index in [1.54, 1.807) is 0 Å². The molecular formula is C6H9N. The molecule has 0 aromatic heterocycles. The summed E-state index contributed by atoms with van der Waals surface area (Å²) in [5.41, 5.74) is 4.00. The van der Waals surface area contributed by atoms with Crippen molar-refractivity contribution in [1.82, 2.24) is 5.32 Å². The fourth-order valence-corrected chi connectivity index (χ4v) is 0.744. The van der Waals surface area contributed by atoms with E-state index in [4.69, 9.17) is 0 Å². The largest absolute Gasteiger partial charge is 0.382 e. The number of allylic oxidation sites excluding steroid dienone is 1. The van der Waals surface area contributed by atoms with Crippen LogP contribution in [0.3, 0.4) is 0 Å².